The van der Waals surface area contributed by atoms with Crippen molar-refractivity contribution in [2.45, 2.75) is 25.9 Å². The van der Waals surface area contributed by atoms with Gasteiger partial charge in [0.2, 0.25) is 0 Å². The number of nitrogens with one attached hydrogen (secondary N) is 1. The number of hydrogen-bond acceptors (Lipinski definition) is 2. The second kappa shape index (κ2) is 7.39. The van der Waals surface area contributed by atoms with Crippen LogP contribution >= 0.6 is 0 Å². The molecule has 0 aliphatic carbocycles. The number of rotatable bonds is 6. The highest BCUT2D eigenvalue weighted by atomic mass is 15.0. The van der Waals surface area contributed by atoms with Crippen molar-refractivity contribution in [3.8, 4) is 11.1 Å². The van der Waals surface area contributed by atoms with Crippen molar-refractivity contribution in [3.63, 3.8) is 0 Å². The third-order valence-electron chi connectivity index (χ3n) is 3.80. The van der Waals surface area contributed by atoms with Crippen LogP contribution in [0.5, 0.6) is 0 Å². The van der Waals surface area contributed by atoms with E-state index in [1.165, 1.54) is 22.3 Å². The molecule has 21 heavy (non-hydrogen) atoms. The third kappa shape index (κ3) is 4.42. The summed E-state index contributed by atoms with van der Waals surface area (Å²) in [4.78, 5) is 2.21. The van der Waals surface area contributed by atoms with Crippen LogP contribution in [0.3, 0.4) is 0 Å². The molecule has 0 radical (unpaired) electrons. The Morgan fingerprint density at radius 2 is 1.67 bits per heavy atom. The quantitative estimate of drug-likeness (QED) is 0.871. The van der Waals surface area contributed by atoms with E-state index in [9.17, 15) is 0 Å². The SMILES string of the molecule is CNC(C)Cc1ccc(-c2ccccc2CN(C)C)cc1. The van der Waals surface area contributed by atoms with Gasteiger partial charge in [0, 0.05) is 12.6 Å². The first-order chi connectivity index (χ1) is 10.1. The summed E-state index contributed by atoms with van der Waals surface area (Å²) in [6.45, 7) is 3.18. The molecule has 0 amide bonds. The fourth-order valence-corrected chi connectivity index (χ4v) is 2.56. The molecule has 0 spiro atoms. The summed E-state index contributed by atoms with van der Waals surface area (Å²) in [7, 11) is 6.23. The summed E-state index contributed by atoms with van der Waals surface area (Å²) in [6.07, 6.45) is 1.07. The van der Waals surface area contributed by atoms with E-state index < -0.39 is 0 Å². The van der Waals surface area contributed by atoms with Gasteiger partial charge < -0.3 is 10.2 Å². The summed E-state index contributed by atoms with van der Waals surface area (Å²) in [5, 5.41) is 3.28. The van der Waals surface area contributed by atoms with Gasteiger partial charge in [0.25, 0.3) is 0 Å². The summed E-state index contributed by atoms with van der Waals surface area (Å²) in [6, 6.07) is 18.1. The zero-order valence-corrected chi connectivity index (χ0v) is 13.6. The van der Waals surface area contributed by atoms with Crippen molar-refractivity contribution < 1.29 is 0 Å². The maximum absolute atomic E-state index is 3.28. The van der Waals surface area contributed by atoms with Gasteiger partial charge in [0.15, 0.2) is 0 Å². The van der Waals surface area contributed by atoms with Gasteiger partial charge in [0.05, 0.1) is 0 Å². The topological polar surface area (TPSA) is 15.3 Å². The molecule has 0 fully saturated rings. The Balaban J connectivity index is 2.22. The highest BCUT2D eigenvalue weighted by Gasteiger charge is 2.06. The van der Waals surface area contributed by atoms with E-state index in [0.717, 1.165) is 13.0 Å². The molecule has 1 unspecified atom stereocenters. The molecule has 0 aliphatic rings. The zero-order valence-electron chi connectivity index (χ0n) is 13.6. The maximum Gasteiger partial charge on any atom is 0.0233 e. The number of nitrogens with zero attached hydrogens (tertiary/aromatic N) is 1. The highest BCUT2D eigenvalue weighted by molar-refractivity contribution is 5.67. The van der Waals surface area contributed by atoms with Crippen molar-refractivity contribution in [2.75, 3.05) is 21.1 Å². The minimum absolute atomic E-state index is 0.511. The molecule has 0 saturated heterocycles. The molecule has 0 heterocycles. The fourth-order valence-electron chi connectivity index (χ4n) is 2.56. The minimum Gasteiger partial charge on any atom is -0.317 e. The molecule has 2 nitrogen and oxygen atoms in total. The number of hydrogen-bond donors (Lipinski definition) is 1. The van der Waals surface area contributed by atoms with Gasteiger partial charge in [-0.05, 0) is 56.7 Å². The van der Waals surface area contributed by atoms with E-state index in [-0.39, 0.29) is 0 Å². The van der Waals surface area contributed by atoms with Crippen LogP contribution in [0.1, 0.15) is 18.1 Å². The largest absolute Gasteiger partial charge is 0.317 e. The van der Waals surface area contributed by atoms with Crippen LogP contribution in [0.25, 0.3) is 11.1 Å². The summed E-state index contributed by atoms with van der Waals surface area (Å²) < 4.78 is 0. The lowest BCUT2D eigenvalue weighted by atomic mass is 9.97. The Morgan fingerprint density at radius 3 is 2.29 bits per heavy atom. The summed E-state index contributed by atoms with van der Waals surface area (Å²) >= 11 is 0. The molecule has 2 rings (SSSR count). The first-order valence-corrected chi connectivity index (χ1v) is 7.59. The summed E-state index contributed by atoms with van der Waals surface area (Å²) in [5.41, 5.74) is 5.39. The lowest BCUT2D eigenvalue weighted by molar-refractivity contribution is 0.403. The second-order valence-electron chi connectivity index (χ2n) is 5.99. The first kappa shape index (κ1) is 15.7. The van der Waals surface area contributed by atoms with Gasteiger partial charge >= 0.3 is 0 Å². The lowest BCUT2D eigenvalue weighted by Crippen LogP contribution is -2.23. The van der Waals surface area contributed by atoms with Crippen LogP contribution < -0.4 is 5.32 Å². The van der Waals surface area contributed by atoms with Gasteiger partial charge in [0.1, 0.15) is 0 Å². The summed E-state index contributed by atoms with van der Waals surface area (Å²) in [5.74, 6) is 0. The lowest BCUT2D eigenvalue weighted by Gasteiger charge is -2.15. The van der Waals surface area contributed by atoms with Gasteiger partial charge in [-0.1, -0.05) is 48.5 Å². The van der Waals surface area contributed by atoms with Gasteiger partial charge in [-0.2, -0.15) is 0 Å². The Bertz CT molecular complexity index is 558. The van der Waals surface area contributed by atoms with Crippen LogP contribution in [0.2, 0.25) is 0 Å². The molecule has 2 heteroatoms. The molecular formula is C19H26N2. The van der Waals surface area contributed by atoms with Crippen molar-refractivity contribution >= 4 is 0 Å². The minimum atomic E-state index is 0.511. The van der Waals surface area contributed by atoms with Crippen LogP contribution in [-0.2, 0) is 13.0 Å². The normalized spacial score (nSPS) is 12.6. The van der Waals surface area contributed by atoms with E-state index >= 15 is 0 Å². The molecule has 0 aliphatic heterocycles. The molecule has 1 N–H and O–H groups in total. The Labute approximate surface area is 128 Å². The molecular weight excluding hydrogens is 256 g/mol. The average molecular weight is 282 g/mol. The van der Waals surface area contributed by atoms with Crippen LogP contribution in [0.4, 0.5) is 0 Å². The van der Waals surface area contributed by atoms with Gasteiger partial charge in [-0.3, -0.25) is 0 Å². The predicted octanol–water partition coefficient (Wildman–Crippen LogP) is 3.57. The van der Waals surface area contributed by atoms with Crippen molar-refractivity contribution in [3.05, 3.63) is 59.7 Å². The molecule has 0 bridgehead atoms. The molecule has 0 saturated carbocycles. The Kier molecular flexibility index (Phi) is 5.54. The van der Waals surface area contributed by atoms with E-state index in [2.05, 4.69) is 79.8 Å². The Morgan fingerprint density at radius 1 is 1.00 bits per heavy atom. The van der Waals surface area contributed by atoms with Crippen molar-refractivity contribution in [1.29, 1.82) is 0 Å². The van der Waals surface area contributed by atoms with Gasteiger partial charge in [-0.25, -0.2) is 0 Å². The average Bonchev–Trinajstić information content (AvgIpc) is 2.48. The van der Waals surface area contributed by atoms with Crippen LogP contribution in [0, 0.1) is 0 Å². The second-order valence-corrected chi connectivity index (χ2v) is 5.99. The zero-order chi connectivity index (χ0) is 15.2. The van der Waals surface area contributed by atoms with E-state index in [0.29, 0.717) is 6.04 Å². The standard InChI is InChI=1S/C19H26N2/c1-15(20-2)13-16-9-11-17(12-10-16)19-8-6-5-7-18(19)14-21(3)4/h5-12,15,20H,13-14H2,1-4H3. The fraction of sp³-hybridized carbons (Fsp3) is 0.368. The maximum atomic E-state index is 3.28. The molecule has 112 valence electrons. The molecule has 0 aromatic heterocycles. The Hall–Kier alpha value is -1.64. The van der Waals surface area contributed by atoms with Crippen LogP contribution in [-0.4, -0.2) is 32.1 Å². The first-order valence-electron chi connectivity index (χ1n) is 7.59. The molecule has 2 aromatic rings. The molecule has 2 aromatic carbocycles. The van der Waals surface area contributed by atoms with Crippen LogP contribution in [0.15, 0.2) is 48.5 Å². The van der Waals surface area contributed by atoms with E-state index in [1.54, 1.807) is 0 Å². The van der Waals surface area contributed by atoms with E-state index in [1.807, 2.05) is 7.05 Å². The number of benzene rings is 2. The monoisotopic (exact) mass is 282 g/mol. The van der Waals surface area contributed by atoms with Crippen molar-refractivity contribution in [1.82, 2.24) is 10.2 Å². The number of likely N-dealkylation sites (N-methyl/N-ethyl adjacent to an activating group) is 1. The van der Waals surface area contributed by atoms with Crippen molar-refractivity contribution in [2.24, 2.45) is 0 Å². The molecule has 1 atom stereocenters. The predicted molar refractivity (Wildman–Crippen MR) is 91.5 cm³/mol. The third-order valence-corrected chi connectivity index (χ3v) is 3.80. The van der Waals surface area contributed by atoms with E-state index in [4.69, 9.17) is 0 Å². The smallest absolute Gasteiger partial charge is 0.0233 e. The highest BCUT2D eigenvalue weighted by Crippen LogP contribution is 2.25. The van der Waals surface area contributed by atoms with Gasteiger partial charge in [-0.15, -0.1) is 0 Å².